The van der Waals surface area contributed by atoms with Gasteiger partial charge in [0.15, 0.2) is 0 Å². The predicted octanol–water partition coefficient (Wildman–Crippen LogP) is 0.499. The number of sulfonamides is 1. The van der Waals surface area contributed by atoms with Gasteiger partial charge in [-0.05, 0) is 23.3 Å². The SMILES string of the molecule is CS(=O)(=O)N1CCO[C@H](CNC(=O)Nc2ccc3c(c2)COC3)C1. The summed E-state index contributed by atoms with van der Waals surface area (Å²) in [7, 11) is -3.24. The molecule has 132 valence electrons. The molecule has 1 saturated heterocycles. The molecule has 2 heterocycles. The van der Waals surface area contributed by atoms with Crippen molar-refractivity contribution in [3.8, 4) is 0 Å². The molecule has 8 nitrogen and oxygen atoms in total. The Hall–Kier alpha value is -1.68. The fraction of sp³-hybridized carbons (Fsp3) is 0.533. The maximum absolute atomic E-state index is 12.0. The Morgan fingerprint density at radius 3 is 2.92 bits per heavy atom. The molecule has 3 rings (SSSR count). The molecule has 0 bridgehead atoms. The van der Waals surface area contributed by atoms with Crippen LogP contribution in [0.25, 0.3) is 0 Å². The summed E-state index contributed by atoms with van der Waals surface area (Å²) in [6.45, 7) is 2.33. The first kappa shape index (κ1) is 17.2. The van der Waals surface area contributed by atoms with E-state index in [0.29, 0.717) is 32.1 Å². The van der Waals surface area contributed by atoms with E-state index in [-0.39, 0.29) is 25.2 Å². The van der Waals surface area contributed by atoms with Crippen LogP contribution in [-0.4, -0.2) is 57.4 Å². The summed E-state index contributed by atoms with van der Waals surface area (Å²) in [5.41, 5.74) is 2.91. The third-order valence-corrected chi connectivity index (χ3v) is 5.31. The number of amides is 2. The summed E-state index contributed by atoms with van der Waals surface area (Å²) >= 11 is 0. The van der Waals surface area contributed by atoms with E-state index in [2.05, 4.69) is 10.6 Å². The molecule has 1 atom stereocenters. The summed E-state index contributed by atoms with van der Waals surface area (Å²) in [5, 5.41) is 5.47. The maximum Gasteiger partial charge on any atom is 0.319 e. The molecule has 0 saturated carbocycles. The molecule has 0 spiro atoms. The van der Waals surface area contributed by atoms with Crippen LogP contribution in [0.15, 0.2) is 18.2 Å². The number of benzene rings is 1. The average Bonchev–Trinajstić information content (AvgIpc) is 3.00. The summed E-state index contributed by atoms with van der Waals surface area (Å²) in [6, 6.07) is 5.31. The highest BCUT2D eigenvalue weighted by Gasteiger charge is 2.26. The van der Waals surface area contributed by atoms with E-state index in [4.69, 9.17) is 9.47 Å². The summed E-state index contributed by atoms with van der Waals surface area (Å²) in [4.78, 5) is 12.0. The number of anilines is 1. The first-order chi connectivity index (χ1) is 11.4. The summed E-state index contributed by atoms with van der Waals surface area (Å²) in [5.74, 6) is 0. The third kappa shape index (κ3) is 4.23. The Balaban J connectivity index is 1.49. The van der Waals surface area contributed by atoms with Crippen LogP contribution < -0.4 is 10.6 Å². The van der Waals surface area contributed by atoms with E-state index in [9.17, 15) is 13.2 Å². The van der Waals surface area contributed by atoms with Crippen LogP contribution >= 0.6 is 0 Å². The fourth-order valence-corrected chi connectivity index (χ4v) is 3.59. The standard InChI is InChI=1S/C15H21N3O5S/c1-24(20,21)18-4-5-23-14(8-18)7-16-15(19)17-13-3-2-11-9-22-10-12(11)6-13/h2-3,6,14H,4-5,7-10H2,1H3,(H2,16,17,19)/t14-/m1/s1. The van der Waals surface area contributed by atoms with E-state index in [0.717, 1.165) is 11.1 Å². The average molecular weight is 355 g/mol. The second-order valence-electron chi connectivity index (χ2n) is 5.93. The topological polar surface area (TPSA) is 97.0 Å². The largest absolute Gasteiger partial charge is 0.374 e. The van der Waals surface area contributed by atoms with Gasteiger partial charge in [0.25, 0.3) is 0 Å². The van der Waals surface area contributed by atoms with Crippen LogP contribution in [0.5, 0.6) is 0 Å². The zero-order valence-corrected chi connectivity index (χ0v) is 14.3. The number of urea groups is 1. The van der Waals surface area contributed by atoms with Gasteiger partial charge >= 0.3 is 6.03 Å². The summed E-state index contributed by atoms with van der Waals surface area (Å²) in [6.07, 6.45) is 0.820. The van der Waals surface area contributed by atoms with Gasteiger partial charge in [-0.2, -0.15) is 4.31 Å². The molecule has 1 fully saturated rings. The number of hydrogen-bond acceptors (Lipinski definition) is 5. The van der Waals surface area contributed by atoms with Crippen molar-refractivity contribution in [3.63, 3.8) is 0 Å². The molecule has 2 aliphatic heterocycles. The molecule has 1 aromatic carbocycles. The predicted molar refractivity (Wildman–Crippen MR) is 88.1 cm³/mol. The van der Waals surface area contributed by atoms with Gasteiger partial charge < -0.3 is 20.1 Å². The van der Waals surface area contributed by atoms with Crippen molar-refractivity contribution in [3.05, 3.63) is 29.3 Å². The number of carbonyl (C=O) groups excluding carboxylic acids is 1. The smallest absolute Gasteiger partial charge is 0.319 e. The van der Waals surface area contributed by atoms with E-state index >= 15 is 0 Å². The Morgan fingerprint density at radius 2 is 2.12 bits per heavy atom. The molecule has 2 aliphatic rings. The zero-order chi connectivity index (χ0) is 17.2. The molecular formula is C15H21N3O5S. The number of nitrogens with one attached hydrogen (secondary N) is 2. The van der Waals surface area contributed by atoms with E-state index < -0.39 is 10.0 Å². The van der Waals surface area contributed by atoms with Crippen LogP contribution in [0.3, 0.4) is 0 Å². The lowest BCUT2D eigenvalue weighted by atomic mass is 10.1. The van der Waals surface area contributed by atoms with Crippen molar-refractivity contribution in [1.29, 1.82) is 0 Å². The molecule has 0 aliphatic carbocycles. The minimum absolute atomic E-state index is 0.242. The second kappa shape index (κ2) is 7.06. The van der Waals surface area contributed by atoms with E-state index in [1.54, 1.807) is 0 Å². The number of fused-ring (bicyclic) bond motifs is 1. The number of nitrogens with zero attached hydrogens (tertiary/aromatic N) is 1. The number of carbonyl (C=O) groups is 1. The van der Waals surface area contributed by atoms with Crippen molar-refractivity contribution in [2.45, 2.75) is 19.3 Å². The van der Waals surface area contributed by atoms with Crippen LogP contribution in [0, 0.1) is 0 Å². The van der Waals surface area contributed by atoms with Crippen molar-refractivity contribution in [1.82, 2.24) is 9.62 Å². The fourth-order valence-electron chi connectivity index (χ4n) is 2.75. The molecule has 1 aromatic rings. The van der Waals surface area contributed by atoms with Gasteiger partial charge in [-0.15, -0.1) is 0 Å². The number of ether oxygens (including phenoxy) is 2. The van der Waals surface area contributed by atoms with Crippen molar-refractivity contribution in [2.24, 2.45) is 0 Å². The Labute approximate surface area is 141 Å². The monoisotopic (exact) mass is 355 g/mol. The highest BCUT2D eigenvalue weighted by Crippen LogP contribution is 2.23. The highest BCUT2D eigenvalue weighted by atomic mass is 32.2. The Morgan fingerprint density at radius 1 is 1.33 bits per heavy atom. The van der Waals surface area contributed by atoms with Gasteiger partial charge in [0.05, 0.1) is 32.2 Å². The van der Waals surface area contributed by atoms with Gasteiger partial charge in [0.1, 0.15) is 0 Å². The number of rotatable bonds is 4. The molecule has 0 aromatic heterocycles. The van der Waals surface area contributed by atoms with E-state index in [1.807, 2.05) is 18.2 Å². The quantitative estimate of drug-likeness (QED) is 0.820. The van der Waals surface area contributed by atoms with Crippen LogP contribution in [0.4, 0.5) is 10.5 Å². The Kier molecular flexibility index (Phi) is 5.04. The molecule has 2 N–H and O–H groups in total. The van der Waals surface area contributed by atoms with E-state index in [1.165, 1.54) is 10.6 Å². The van der Waals surface area contributed by atoms with Gasteiger partial charge in [0, 0.05) is 25.3 Å². The lowest BCUT2D eigenvalue weighted by Gasteiger charge is -2.31. The first-order valence-electron chi connectivity index (χ1n) is 7.73. The Bertz CT molecular complexity index is 722. The zero-order valence-electron chi connectivity index (χ0n) is 13.4. The minimum Gasteiger partial charge on any atom is -0.374 e. The molecule has 2 amide bonds. The van der Waals surface area contributed by atoms with Crippen molar-refractivity contribution in [2.75, 3.05) is 37.8 Å². The number of morpholine rings is 1. The highest BCUT2D eigenvalue weighted by molar-refractivity contribution is 7.88. The molecule has 0 unspecified atom stereocenters. The third-order valence-electron chi connectivity index (χ3n) is 4.04. The molecular weight excluding hydrogens is 334 g/mol. The minimum atomic E-state index is -3.24. The lowest BCUT2D eigenvalue weighted by molar-refractivity contribution is 0.00167. The lowest BCUT2D eigenvalue weighted by Crippen LogP contribution is -2.49. The second-order valence-corrected chi connectivity index (χ2v) is 7.91. The number of hydrogen-bond donors (Lipinski definition) is 2. The van der Waals surface area contributed by atoms with Gasteiger partial charge in [-0.3, -0.25) is 0 Å². The normalized spacial score (nSPS) is 21.3. The molecule has 9 heteroatoms. The van der Waals surface area contributed by atoms with Gasteiger partial charge in [0.2, 0.25) is 10.0 Å². The van der Waals surface area contributed by atoms with Crippen LogP contribution in [0.1, 0.15) is 11.1 Å². The molecule has 24 heavy (non-hydrogen) atoms. The van der Waals surface area contributed by atoms with Gasteiger partial charge in [-0.1, -0.05) is 6.07 Å². The molecule has 0 radical (unpaired) electrons. The van der Waals surface area contributed by atoms with Crippen molar-refractivity contribution < 1.29 is 22.7 Å². The van der Waals surface area contributed by atoms with Crippen molar-refractivity contribution >= 4 is 21.7 Å². The first-order valence-corrected chi connectivity index (χ1v) is 9.58. The summed E-state index contributed by atoms with van der Waals surface area (Å²) < 4.78 is 35.3. The van der Waals surface area contributed by atoms with Crippen LogP contribution in [-0.2, 0) is 32.7 Å². The van der Waals surface area contributed by atoms with Gasteiger partial charge in [-0.25, -0.2) is 13.2 Å². The maximum atomic E-state index is 12.0. The van der Waals surface area contributed by atoms with Crippen LogP contribution in [0.2, 0.25) is 0 Å².